The summed E-state index contributed by atoms with van der Waals surface area (Å²) in [7, 11) is 2.08. The Bertz CT molecular complexity index is 269. The van der Waals surface area contributed by atoms with Crippen molar-refractivity contribution in [3.05, 3.63) is 18.0 Å². The molecule has 0 amide bonds. The van der Waals surface area contributed by atoms with Gasteiger partial charge in [-0.15, -0.1) is 0 Å². The fourth-order valence-electron chi connectivity index (χ4n) is 1.42. The lowest BCUT2D eigenvalue weighted by Gasteiger charge is -2.22. The quantitative estimate of drug-likeness (QED) is 0.759. The summed E-state index contributed by atoms with van der Waals surface area (Å²) in [5.41, 5.74) is 6.77. The van der Waals surface area contributed by atoms with Crippen molar-refractivity contribution in [1.82, 2.24) is 14.7 Å². The van der Waals surface area contributed by atoms with Crippen LogP contribution in [0, 0.1) is 0 Å². The van der Waals surface area contributed by atoms with Gasteiger partial charge in [-0.2, -0.15) is 5.10 Å². The second-order valence-corrected chi connectivity index (χ2v) is 3.57. The molecule has 0 aromatic carbocycles. The SMILES string of the molecule is CCn1cc(C(C)N(C)CCN)cn1. The van der Waals surface area contributed by atoms with Crippen molar-refractivity contribution in [2.75, 3.05) is 20.1 Å². The lowest BCUT2D eigenvalue weighted by Crippen LogP contribution is -2.28. The number of rotatable bonds is 5. The Morgan fingerprint density at radius 2 is 2.36 bits per heavy atom. The first-order valence-electron chi connectivity index (χ1n) is 5.11. The summed E-state index contributed by atoms with van der Waals surface area (Å²) in [4.78, 5) is 2.23. The number of nitrogens with zero attached hydrogens (tertiary/aromatic N) is 3. The minimum absolute atomic E-state index is 0.388. The summed E-state index contributed by atoms with van der Waals surface area (Å²) in [6.45, 7) is 6.80. The monoisotopic (exact) mass is 196 g/mol. The second kappa shape index (κ2) is 5.12. The highest BCUT2D eigenvalue weighted by atomic mass is 15.3. The zero-order valence-corrected chi connectivity index (χ0v) is 9.27. The molecule has 4 nitrogen and oxygen atoms in total. The van der Waals surface area contributed by atoms with Crippen molar-refractivity contribution >= 4 is 0 Å². The van der Waals surface area contributed by atoms with Crippen LogP contribution >= 0.6 is 0 Å². The van der Waals surface area contributed by atoms with Crippen molar-refractivity contribution in [1.29, 1.82) is 0 Å². The van der Waals surface area contributed by atoms with E-state index in [9.17, 15) is 0 Å². The number of hydrogen-bond acceptors (Lipinski definition) is 3. The predicted octanol–water partition coefficient (Wildman–Crippen LogP) is 0.854. The Hall–Kier alpha value is -0.870. The van der Waals surface area contributed by atoms with Crippen LogP contribution in [0.5, 0.6) is 0 Å². The van der Waals surface area contributed by atoms with Gasteiger partial charge in [0.15, 0.2) is 0 Å². The zero-order valence-electron chi connectivity index (χ0n) is 9.27. The van der Waals surface area contributed by atoms with Crippen LogP contribution < -0.4 is 5.73 Å². The number of nitrogens with two attached hydrogens (primary N) is 1. The van der Waals surface area contributed by atoms with Crippen LogP contribution in [0.4, 0.5) is 0 Å². The maximum absolute atomic E-state index is 5.51. The normalized spacial score (nSPS) is 13.5. The molecule has 1 unspecified atom stereocenters. The van der Waals surface area contributed by atoms with E-state index >= 15 is 0 Å². The van der Waals surface area contributed by atoms with E-state index in [0.29, 0.717) is 12.6 Å². The van der Waals surface area contributed by atoms with Crippen LogP contribution in [0.3, 0.4) is 0 Å². The third-order valence-electron chi connectivity index (χ3n) is 2.60. The molecule has 14 heavy (non-hydrogen) atoms. The molecule has 0 aliphatic carbocycles. The molecule has 1 rings (SSSR count). The Morgan fingerprint density at radius 1 is 1.64 bits per heavy atom. The smallest absolute Gasteiger partial charge is 0.0537 e. The van der Waals surface area contributed by atoms with E-state index in [1.807, 2.05) is 10.9 Å². The van der Waals surface area contributed by atoms with E-state index in [0.717, 1.165) is 13.1 Å². The highest BCUT2D eigenvalue weighted by molar-refractivity contribution is 5.09. The minimum atomic E-state index is 0.388. The van der Waals surface area contributed by atoms with Crippen molar-refractivity contribution in [3.63, 3.8) is 0 Å². The Morgan fingerprint density at radius 3 is 2.86 bits per heavy atom. The van der Waals surface area contributed by atoms with E-state index in [-0.39, 0.29) is 0 Å². The molecule has 0 fully saturated rings. The number of hydrogen-bond donors (Lipinski definition) is 1. The van der Waals surface area contributed by atoms with Crippen molar-refractivity contribution in [3.8, 4) is 0 Å². The summed E-state index contributed by atoms with van der Waals surface area (Å²) in [5, 5.41) is 4.26. The van der Waals surface area contributed by atoms with Gasteiger partial charge in [0.2, 0.25) is 0 Å². The molecule has 80 valence electrons. The third-order valence-corrected chi connectivity index (χ3v) is 2.60. The molecule has 0 spiro atoms. The summed E-state index contributed by atoms with van der Waals surface area (Å²) < 4.78 is 1.95. The van der Waals surface area contributed by atoms with Crippen LogP contribution in [-0.2, 0) is 6.54 Å². The molecule has 0 saturated heterocycles. The van der Waals surface area contributed by atoms with Crippen LogP contribution in [0.2, 0.25) is 0 Å². The van der Waals surface area contributed by atoms with E-state index < -0.39 is 0 Å². The molecule has 0 radical (unpaired) electrons. The van der Waals surface area contributed by atoms with Gasteiger partial charge in [-0.3, -0.25) is 9.58 Å². The molecule has 1 aromatic heterocycles. The molecule has 0 saturated carbocycles. The lowest BCUT2D eigenvalue weighted by molar-refractivity contribution is 0.269. The van der Waals surface area contributed by atoms with Gasteiger partial charge in [0.25, 0.3) is 0 Å². The Kier molecular flexibility index (Phi) is 4.10. The van der Waals surface area contributed by atoms with Gasteiger partial charge in [0.05, 0.1) is 6.20 Å². The number of aromatic nitrogens is 2. The fraction of sp³-hybridized carbons (Fsp3) is 0.700. The van der Waals surface area contributed by atoms with Crippen molar-refractivity contribution < 1.29 is 0 Å². The maximum atomic E-state index is 5.51. The lowest BCUT2D eigenvalue weighted by atomic mass is 10.2. The third kappa shape index (κ3) is 2.56. The van der Waals surface area contributed by atoms with Crippen LogP contribution in [0.25, 0.3) is 0 Å². The molecule has 4 heteroatoms. The van der Waals surface area contributed by atoms with Gasteiger partial charge >= 0.3 is 0 Å². The molecule has 1 atom stereocenters. The Balaban J connectivity index is 2.63. The summed E-state index contributed by atoms with van der Waals surface area (Å²) >= 11 is 0. The van der Waals surface area contributed by atoms with Gasteiger partial charge in [-0.05, 0) is 20.9 Å². The first-order chi connectivity index (χ1) is 6.69. The van der Waals surface area contributed by atoms with Crippen molar-refractivity contribution in [2.24, 2.45) is 5.73 Å². The van der Waals surface area contributed by atoms with E-state index in [2.05, 4.69) is 37.1 Å². The van der Waals surface area contributed by atoms with Gasteiger partial charge < -0.3 is 5.73 Å². The summed E-state index contributed by atoms with van der Waals surface area (Å²) in [5.74, 6) is 0. The highest BCUT2D eigenvalue weighted by Gasteiger charge is 2.12. The van der Waals surface area contributed by atoms with Gasteiger partial charge in [0.1, 0.15) is 0 Å². The van der Waals surface area contributed by atoms with E-state index in [1.54, 1.807) is 0 Å². The number of aryl methyl sites for hydroxylation is 1. The average molecular weight is 196 g/mol. The average Bonchev–Trinajstić information content (AvgIpc) is 2.65. The first-order valence-corrected chi connectivity index (χ1v) is 5.11. The Labute approximate surface area is 85.7 Å². The summed E-state index contributed by atoms with van der Waals surface area (Å²) in [6, 6.07) is 0.388. The molecule has 0 aliphatic heterocycles. The molecule has 1 heterocycles. The van der Waals surface area contributed by atoms with Gasteiger partial charge in [-0.1, -0.05) is 0 Å². The maximum Gasteiger partial charge on any atom is 0.0537 e. The second-order valence-electron chi connectivity index (χ2n) is 3.57. The first kappa shape index (κ1) is 11.2. The molecule has 0 bridgehead atoms. The predicted molar refractivity (Wildman–Crippen MR) is 58.0 cm³/mol. The van der Waals surface area contributed by atoms with E-state index in [1.165, 1.54) is 5.56 Å². The molecule has 0 aliphatic rings. The van der Waals surface area contributed by atoms with Crippen LogP contribution in [0.15, 0.2) is 12.4 Å². The zero-order chi connectivity index (χ0) is 10.6. The topological polar surface area (TPSA) is 47.1 Å². The number of likely N-dealkylation sites (N-methyl/N-ethyl adjacent to an activating group) is 1. The van der Waals surface area contributed by atoms with E-state index in [4.69, 9.17) is 5.73 Å². The van der Waals surface area contributed by atoms with Gasteiger partial charge in [-0.25, -0.2) is 0 Å². The molecular weight excluding hydrogens is 176 g/mol. The summed E-state index contributed by atoms with van der Waals surface area (Å²) in [6.07, 6.45) is 4.03. The molecular formula is C10H20N4. The largest absolute Gasteiger partial charge is 0.329 e. The highest BCUT2D eigenvalue weighted by Crippen LogP contribution is 2.16. The van der Waals surface area contributed by atoms with Gasteiger partial charge in [0, 0.05) is 37.4 Å². The molecule has 1 aromatic rings. The minimum Gasteiger partial charge on any atom is -0.329 e. The standard InChI is InChI=1S/C10H20N4/c1-4-14-8-10(7-12-14)9(2)13(3)6-5-11/h7-9H,4-6,11H2,1-3H3. The van der Waals surface area contributed by atoms with Crippen LogP contribution in [-0.4, -0.2) is 34.8 Å². The fourth-order valence-corrected chi connectivity index (χ4v) is 1.42. The molecule has 2 N–H and O–H groups in total. The van der Waals surface area contributed by atoms with Crippen LogP contribution in [0.1, 0.15) is 25.5 Å². The van der Waals surface area contributed by atoms with Crippen molar-refractivity contribution in [2.45, 2.75) is 26.4 Å².